The molecular formula is C17H19ClFN3O2. The quantitative estimate of drug-likeness (QED) is 0.796. The van der Waals surface area contributed by atoms with Gasteiger partial charge in [-0.2, -0.15) is 0 Å². The van der Waals surface area contributed by atoms with Crippen LogP contribution in [-0.4, -0.2) is 47.9 Å². The minimum Gasteiger partial charge on any atom is -0.367 e. The third-order valence-electron chi connectivity index (χ3n) is 4.55. The minimum absolute atomic E-state index is 0.127. The van der Waals surface area contributed by atoms with E-state index >= 15 is 0 Å². The van der Waals surface area contributed by atoms with Crippen molar-refractivity contribution in [3.05, 3.63) is 39.9 Å². The summed E-state index contributed by atoms with van der Waals surface area (Å²) in [5, 5.41) is -0.647. The molecule has 3 rings (SSSR count). The fraction of sp³-hybridized carbons (Fsp3) is 0.412. The first-order valence-electron chi connectivity index (χ1n) is 7.92. The van der Waals surface area contributed by atoms with Gasteiger partial charge in [-0.3, -0.25) is 9.59 Å². The SMILES string of the molecule is CCn1cc(C(=O)Cl)c(=O)c2cc(F)c(N3CCN(C)CC3)cc21. The van der Waals surface area contributed by atoms with Crippen LogP contribution < -0.4 is 10.3 Å². The number of anilines is 1. The molecule has 0 aliphatic carbocycles. The van der Waals surface area contributed by atoms with Gasteiger partial charge in [-0.15, -0.1) is 0 Å². The molecule has 0 bridgehead atoms. The number of piperazine rings is 1. The molecule has 0 amide bonds. The Morgan fingerprint density at radius 3 is 2.50 bits per heavy atom. The number of pyridine rings is 1. The number of halogens is 2. The normalized spacial score (nSPS) is 15.9. The monoisotopic (exact) mass is 351 g/mol. The van der Waals surface area contributed by atoms with E-state index in [0.29, 0.717) is 17.7 Å². The van der Waals surface area contributed by atoms with E-state index in [1.54, 1.807) is 10.6 Å². The molecule has 2 aromatic rings. The number of rotatable bonds is 3. The zero-order chi connectivity index (χ0) is 17.4. The van der Waals surface area contributed by atoms with Crippen LogP contribution in [0.2, 0.25) is 0 Å². The molecule has 1 aromatic heterocycles. The summed E-state index contributed by atoms with van der Waals surface area (Å²) in [7, 11) is 2.04. The van der Waals surface area contributed by atoms with Crippen molar-refractivity contribution in [3.8, 4) is 0 Å². The Bertz CT molecular complexity index is 857. The molecule has 1 aliphatic heterocycles. The minimum atomic E-state index is -0.826. The predicted octanol–water partition coefficient (Wildman–Crippen LogP) is 2.29. The molecule has 2 heterocycles. The van der Waals surface area contributed by atoms with Crippen molar-refractivity contribution in [1.82, 2.24) is 9.47 Å². The number of hydrogen-bond donors (Lipinski definition) is 0. The zero-order valence-corrected chi connectivity index (χ0v) is 14.4. The third kappa shape index (κ3) is 2.91. The van der Waals surface area contributed by atoms with Gasteiger partial charge < -0.3 is 14.4 Å². The van der Waals surface area contributed by atoms with Crippen molar-refractivity contribution < 1.29 is 9.18 Å². The lowest BCUT2D eigenvalue weighted by Crippen LogP contribution is -2.44. The number of nitrogens with zero attached hydrogens (tertiary/aromatic N) is 3. The number of fused-ring (bicyclic) bond motifs is 1. The first-order chi connectivity index (χ1) is 11.4. The van der Waals surface area contributed by atoms with Crippen LogP contribution in [0.15, 0.2) is 23.1 Å². The molecule has 1 aliphatic rings. The summed E-state index contributed by atoms with van der Waals surface area (Å²) < 4.78 is 16.4. The molecule has 0 unspecified atom stereocenters. The number of likely N-dealkylation sites (N-methyl/N-ethyl adjacent to an activating group) is 1. The van der Waals surface area contributed by atoms with Crippen molar-refractivity contribution in [3.63, 3.8) is 0 Å². The van der Waals surface area contributed by atoms with E-state index in [4.69, 9.17) is 11.6 Å². The lowest BCUT2D eigenvalue weighted by molar-refractivity contribution is 0.108. The molecule has 1 fully saturated rings. The van der Waals surface area contributed by atoms with Gasteiger partial charge in [0.2, 0.25) is 5.43 Å². The number of carbonyl (C=O) groups excluding carboxylic acids is 1. The summed E-state index contributed by atoms with van der Waals surface area (Å²) >= 11 is 5.49. The highest BCUT2D eigenvalue weighted by atomic mass is 35.5. The summed E-state index contributed by atoms with van der Waals surface area (Å²) in [6.07, 6.45) is 1.45. The van der Waals surface area contributed by atoms with Crippen LogP contribution >= 0.6 is 11.6 Å². The van der Waals surface area contributed by atoms with E-state index in [-0.39, 0.29) is 10.9 Å². The van der Waals surface area contributed by atoms with E-state index in [1.165, 1.54) is 12.3 Å². The topological polar surface area (TPSA) is 45.6 Å². The van der Waals surface area contributed by atoms with Crippen LogP contribution in [0.25, 0.3) is 10.9 Å². The Balaban J connectivity index is 2.18. The number of carbonyl (C=O) groups is 1. The molecule has 128 valence electrons. The van der Waals surface area contributed by atoms with Gasteiger partial charge in [-0.25, -0.2) is 4.39 Å². The second kappa shape index (κ2) is 6.53. The number of hydrogen-bond acceptors (Lipinski definition) is 4. The number of aryl methyl sites for hydroxylation is 1. The predicted molar refractivity (Wildman–Crippen MR) is 93.7 cm³/mol. The Hall–Kier alpha value is -1.92. The summed E-state index contributed by atoms with van der Waals surface area (Å²) in [6, 6.07) is 2.92. The average Bonchev–Trinajstić information content (AvgIpc) is 2.56. The van der Waals surface area contributed by atoms with Crippen LogP contribution in [0.4, 0.5) is 10.1 Å². The van der Waals surface area contributed by atoms with Gasteiger partial charge in [0.1, 0.15) is 5.82 Å². The second-order valence-corrected chi connectivity index (χ2v) is 6.39. The van der Waals surface area contributed by atoms with Gasteiger partial charge in [-0.1, -0.05) is 0 Å². The zero-order valence-electron chi connectivity index (χ0n) is 13.7. The highest BCUT2D eigenvalue weighted by molar-refractivity contribution is 6.67. The van der Waals surface area contributed by atoms with Crippen LogP contribution in [0.5, 0.6) is 0 Å². The van der Waals surface area contributed by atoms with E-state index in [0.717, 1.165) is 26.2 Å². The standard InChI is InChI=1S/C17H19ClFN3O2/c1-3-21-10-12(17(18)24)16(23)11-8-13(19)15(9-14(11)21)22-6-4-20(2)5-7-22/h8-10H,3-7H2,1-2H3. The molecule has 0 radical (unpaired) electrons. The Morgan fingerprint density at radius 1 is 1.25 bits per heavy atom. The first kappa shape index (κ1) is 16.9. The molecule has 0 N–H and O–H groups in total. The third-order valence-corrected chi connectivity index (χ3v) is 4.75. The van der Waals surface area contributed by atoms with Gasteiger partial charge in [0, 0.05) is 44.3 Å². The summed E-state index contributed by atoms with van der Waals surface area (Å²) in [5.41, 5.74) is 0.443. The lowest BCUT2D eigenvalue weighted by Gasteiger charge is -2.34. The maximum absolute atomic E-state index is 14.6. The molecule has 0 atom stereocenters. The van der Waals surface area contributed by atoms with Crippen molar-refractivity contribution in [2.24, 2.45) is 0 Å². The smallest absolute Gasteiger partial charge is 0.257 e. The fourth-order valence-corrected chi connectivity index (χ4v) is 3.23. The van der Waals surface area contributed by atoms with Crippen molar-refractivity contribution in [1.29, 1.82) is 0 Å². The molecule has 0 spiro atoms. The Morgan fingerprint density at radius 2 is 1.92 bits per heavy atom. The van der Waals surface area contributed by atoms with E-state index in [9.17, 15) is 14.0 Å². The van der Waals surface area contributed by atoms with Crippen molar-refractivity contribution in [2.75, 3.05) is 38.1 Å². The second-order valence-electron chi connectivity index (χ2n) is 6.04. The van der Waals surface area contributed by atoms with Crippen LogP contribution in [0, 0.1) is 5.82 Å². The van der Waals surface area contributed by atoms with Crippen LogP contribution in [0.1, 0.15) is 17.3 Å². The van der Waals surface area contributed by atoms with Gasteiger partial charge in [0.15, 0.2) is 0 Å². The Labute approximate surface area is 144 Å². The number of aromatic nitrogens is 1. The van der Waals surface area contributed by atoms with Gasteiger partial charge in [-0.05, 0) is 37.7 Å². The fourth-order valence-electron chi connectivity index (χ4n) is 3.09. The largest absolute Gasteiger partial charge is 0.367 e. The van der Waals surface area contributed by atoms with Crippen LogP contribution in [0.3, 0.4) is 0 Å². The molecule has 7 heteroatoms. The summed E-state index contributed by atoms with van der Waals surface area (Å²) in [4.78, 5) is 28.0. The molecule has 0 saturated carbocycles. The van der Waals surface area contributed by atoms with E-state index in [1.807, 2.05) is 18.9 Å². The molecule has 5 nitrogen and oxygen atoms in total. The maximum atomic E-state index is 14.6. The number of benzene rings is 1. The van der Waals surface area contributed by atoms with Crippen molar-refractivity contribution >= 4 is 33.4 Å². The van der Waals surface area contributed by atoms with Crippen LogP contribution in [-0.2, 0) is 6.54 Å². The summed E-state index contributed by atoms with van der Waals surface area (Å²) in [6.45, 7) is 5.61. The van der Waals surface area contributed by atoms with E-state index in [2.05, 4.69) is 4.90 Å². The molecule has 24 heavy (non-hydrogen) atoms. The Kier molecular flexibility index (Phi) is 4.60. The molecule has 1 aromatic carbocycles. The first-order valence-corrected chi connectivity index (χ1v) is 8.30. The highest BCUT2D eigenvalue weighted by Crippen LogP contribution is 2.26. The average molecular weight is 352 g/mol. The van der Waals surface area contributed by atoms with Gasteiger partial charge in [0.05, 0.1) is 16.8 Å². The lowest BCUT2D eigenvalue weighted by atomic mass is 10.1. The highest BCUT2D eigenvalue weighted by Gasteiger charge is 2.21. The summed E-state index contributed by atoms with van der Waals surface area (Å²) in [5.74, 6) is -0.453. The van der Waals surface area contributed by atoms with Gasteiger partial charge >= 0.3 is 0 Å². The van der Waals surface area contributed by atoms with E-state index < -0.39 is 16.5 Å². The maximum Gasteiger partial charge on any atom is 0.257 e. The molecular weight excluding hydrogens is 333 g/mol. The van der Waals surface area contributed by atoms with Gasteiger partial charge in [0.25, 0.3) is 5.24 Å². The molecule has 1 saturated heterocycles. The van der Waals surface area contributed by atoms with Crippen molar-refractivity contribution in [2.45, 2.75) is 13.5 Å².